The van der Waals surface area contributed by atoms with Gasteiger partial charge in [0.15, 0.2) is 0 Å². The van der Waals surface area contributed by atoms with E-state index in [2.05, 4.69) is 18.0 Å². The topological polar surface area (TPSA) is 38.5 Å². The van der Waals surface area contributed by atoms with Crippen LogP contribution in [0.3, 0.4) is 0 Å². The minimum atomic E-state index is 0.0649. The molecule has 0 bridgehead atoms. The maximum absolute atomic E-state index is 6.10. The van der Waals surface area contributed by atoms with E-state index in [1.165, 1.54) is 11.3 Å². The third-order valence-corrected chi connectivity index (χ3v) is 5.54. The number of rotatable bonds is 5. The summed E-state index contributed by atoms with van der Waals surface area (Å²) in [6.07, 6.45) is 4.85. The molecule has 3 nitrogen and oxygen atoms in total. The van der Waals surface area contributed by atoms with Gasteiger partial charge in [0.25, 0.3) is 0 Å². The van der Waals surface area contributed by atoms with Crippen LogP contribution in [0.1, 0.15) is 30.6 Å². The molecule has 2 N–H and O–H groups in total. The lowest BCUT2D eigenvalue weighted by Gasteiger charge is -2.46. The molecule has 2 unspecified atom stereocenters. The van der Waals surface area contributed by atoms with Crippen molar-refractivity contribution in [1.82, 2.24) is 4.90 Å². The van der Waals surface area contributed by atoms with Gasteiger partial charge >= 0.3 is 0 Å². The van der Waals surface area contributed by atoms with Crippen molar-refractivity contribution >= 4 is 22.9 Å². The van der Waals surface area contributed by atoms with Gasteiger partial charge in [-0.25, -0.2) is 0 Å². The molecule has 1 aliphatic rings. The van der Waals surface area contributed by atoms with Crippen LogP contribution in [0.2, 0.25) is 4.34 Å². The molecule has 1 heterocycles. The molecule has 2 rings (SSSR count). The molecule has 0 amide bonds. The van der Waals surface area contributed by atoms with Gasteiger partial charge in [0.2, 0.25) is 0 Å². The highest BCUT2D eigenvalue weighted by atomic mass is 35.5. The van der Waals surface area contributed by atoms with E-state index < -0.39 is 0 Å². The first-order valence-corrected chi connectivity index (χ1v) is 7.97. The Morgan fingerprint density at radius 1 is 1.58 bits per heavy atom. The van der Waals surface area contributed by atoms with Crippen molar-refractivity contribution in [2.75, 3.05) is 20.7 Å². The van der Waals surface area contributed by atoms with Gasteiger partial charge in [-0.2, -0.15) is 0 Å². The summed E-state index contributed by atoms with van der Waals surface area (Å²) in [7, 11) is 3.97. The minimum Gasteiger partial charge on any atom is -0.381 e. The van der Waals surface area contributed by atoms with Crippen LogP contribution in [0.15, 0.2) is 12.1 Å². The number of thiophene rings is 1. The van der Waals surface area contributed by atoms with E-state index in [1.54, 1.807) is 18.4 Å². The van der Waals surface area contributed by atoms with Crippen molar-refractivity contribution in [3.8, 4) is 0 Å². The molecule has 1 saturated carbocycles. The zero-order chi connectivity index (χ0) is 13.9. The van der Waals surface area contributed by atoms with Crippen LogP contribution in [-0.2, 0) is 11.3 Å². The summed E-state index contributed by atoms with van der Waals surface area (Å²) < 4.78 is 6.40. The SMILES string of the molecule is COC1CCCC(CN)(N(C)Cc2ccc(Cl)s2)C1. The van der Waals surface area contributed by atoms with Crippen molar-refractivity contribution in [2.45, 2.75) is 43.9 Å². The Balaban J connectivity index is 2.07. The van der Waals surface area contributed by atoms with Crippen molar-refractivity contribution in [1.29, 1.82) is 0 Å². The van der Waals surface area contributed by atoms with E-state index in [1.807, 2.05) is 6.07 Å². The first-order valence-electron chi connectivity index (χ1n) is 6.78. The number of nitrogens with two attached hydrogens (primary N) is 1. The number of ether oxygens (including phenoxy) is 1. The number of methoxy groups -OCH3 is 1. The van der Waals surface area contributed by atoms with Crippen LogP contribution in [0.25, 0.3) is 0 Å². The zero-order valence-corrected chi connectivity index (χ0v) is 13.3. The second-order valence-corrected chi connectivity index (χ2v) is 7.24. The van der Waals surface area contributed by atoms with Crippen molar-refractivity contribution in [3.63, 3.8) is 0 Å². The summed E-state index contributed by atoms with van der Waals surface area (Å²) in [5.74, 6) is 0. The van der Waals surface area contributed by atoms with Gasteiger partial charge in [-0.05, 0) is 44.9 Å². The number of nitrogens with zero attached hydrogens (tertiary/aromatic N) is 1. The van der Waals surface area contributed by atoms with Crippen LogP contribution in [0, 0.1) is 0 Å². The van der Waals surface area contributed by atoms with E-state index in [9.17, 15) is 0 Å². The largest absolute Gasteiger partial charge is 0.381 e. The Kier molecular flexibility index (Phi) is 5.26. The summed E-state index contributed by atoms with van der Waals surface area (Å²) in [5, 5.41) is 0. The highest BCUT2D eigenvalue weighted by molar-refractivity contribution is 7.16. The molecule has 1 aliphatic carbocycles. The fourth-order valence-corrected chi connectivity index (χ4v) is 4.16. The quantitative estimate of drug-likeness (QED) is 0.908. The lowest BCUT2D eigenvalue weighted by Crippen LogP contribution is -2.55. The average Bonchev–Trinajstić information content (AvgIpc) is 2.84. The van der Waals surface area contributed by atoms with Gasteiger partial charge in [-0.3, -0.25) is 4.90 Å². The van der Waals surface area contributed by atoms with Crippen LogP contribution >= 0.6 is 22.9 Å². The second-order valence-electron chi connectivity index (χ2n) is 5.44. The Morgan fingerprint density at radius 2 is 2.37 bits per heavy atom. The van der Waals surface area contributed by atoms with Crippen LogP contribution in [-0.4, -0.2) is 37.2 Å². The van der Waals surface area contributed by atoms with E-state index in [0.29, 0.717) is 12.6 Å². The van der Waals surface area contributed by atoms with Gasteiger partial charge in [-0.1, -0.05) is 11.6 Å². The van der Waals surface area contributed by atoms with E-state index in [-0.39, 0.29) is 5.54 Å². The van der Waals surface area contributed by atoms with Crippen LogP contribution < -0.4 is 5.73 Å². The van der Waals surface area contributed by atoms with Crippen molar-refractivity contribution < 1.29 is 4.74 Å². The number of likely N-dealkylation sites (N-methyl/N-ethyl adjacent to an activating group) is 1. The van der Waals surface area contributed by atoms with E-state index in [0.717, 1.165) is 30.1 Å². The summed E-state index contributed by atoms with van der Waals surface area (Å²) in [5.41, 5.74) is 6.16. The molecule has 0 spiro atoms. The third-order valence-electron chi connectivity index (χ3n) is 4.32. The maximum atomic E-state index is 6.10. The maximum Gasteiger partial charge on any atom is 0.0931 e. The van der Waals surface area contributed by atoms with Gasteiger partial charge in [0.1, 0.15) is 0 Å². The lowest BCUT2D eigenvalue weighted by molar-refractivity contribution is -0.0145. The molecular weight excluding hydrogens is 280 g/mol. The molecule has 2 atom stereocenters. The zero-order valence-electron chi connectivity index (χ0n) is 11.7. The first-order chi connectivity index (χ1) is 9.09. The Labute approximate surface area is 124 Å². The molecule has 1 aromatic heterocycles. The molecule has 19 heavy (non-hydrogen) atoms. The molecule has 5 heteroatoms. The predicted molar refractivity (Wildman–Crippen MR) is 81.8 cm³/mol. The fourth-order valence-electron chi connectivity index (χ4n) is 3.01. The molecule has 108 valence electrons. The Hall–Kier alpha value is -0.130. The molecular formula is C14H23ClN2OS. The second kappa shape index (κ2) is 6.55. The van der Waals surface area contributed by atoms with Crippen LogP contribution in [0.4, 0.5) is 0 Å². The average molecular weight is 303 g/mol. The molecule has 0 aliphatic heterocycles. The van der Waals surface area contributed by atoms with Crippen LogP contribution in [0.5, 0.6) is 0 Å². The normalized spacial score (nSPS) is 27.9. The van der Waals surface area contributed by atoms with Crippen molar-refractivity contribution in [3.05, 3.63) is 21.3 Å². The van der Waals surface area contributed by atoms with E-state index in [4.69, 9.17) is 22.1 Å². The smallest absolute Gasteiger partial charge is 0.0931 e. The van der Waals surface area contributed by atoms with Crippen molar-refractivity contribution in [2.24, 2.45) is 5.73 Å². The number of hydrogen-bond acceptors (Lipinski definition) is 4. The lowest BCUT2D eigenvalue weighted by atomic mass is 9.79. The highest BCUT2D eigenvalue weighted by Gasteiger charge is 2.38. The summed E-state index contributed by atoms with van der Waals surface area (Å²) in [6, 6.07) is 4.06. The Morgan fingerprint density at radius 3 is 2.95 bits per heavy atom. The van der Waals surface area contributed by atoms with Gasteiger partial charge in [0, 0.05) is 30.6 Å². The molecule has 0 aromatic carbocycles. The first kappa shape index (κ1) is 15.3. The standard InChI is InChI=1S/C14H23ClN2OS/c1-17(9-12-5-6-13(15)19-12)14(10-16)7-3-4-11(8-14)18-2/h5-6,11H,3-4,7-10,16H2,1-2H3. The minimum absolute atomic E-state index is 0.0649. The third kappa shape index (κ3) is 3.50. The van der Waals surface area contributed by atoms with Gasteiger partial charge in [0.05, 0.1) is 10.4 Å². The molecule has 0 radical (unpaired) electrons. The fraction of sp³-hybridized carbons (Fsp3) is 0.714. The Bertz CT molecular complexity index is 412. The predicted octanol–water partition coefficient (Wildman–Crippen LogP) is 3.12. The van der Waals surface area contributed by atoms with Gasteiger partial charge < -0.3 is 10.5 Å². The molecule has 1 aromatic rings. The number of hydrogen-bond donors (Lipinski definition) is 1. The summed E-state index contributed by atoms with van der Waals surface area (Å²) in [6.45, 7) is 1.59. The number of halogens is 1. The molecule has 0 saturated heterocycles. The monoisotopic (exact) mass is 302 g/mol. The summed E-state index contributed by atoms with van der Waals surface area (Å²) in [4.78, 5) is 3.68. The highest BCUT2D eigenvalue weighted by Crippen LogP contribution is 2.35. The van der Waals surface area contributed by atoms with Gasteiger partial charge in [-0.15, -0.1) is 11.3 Å². The summed E-state index contributed by atoms with van der Waals surface area (Å²) >= 11 is 7.65. The molecule has 1 fully saturated rings. The van der Waals surface area contributed by atoms with E-state index >= 15 is 0 Å².